The quantitative estimate of drug-likeness (QED) is 0.0411. The lowest BCUT2D eigenvalue weighted by Crippen LogP contribution is -2.55. The van der Waals surface area contributed by atoms with Crippen molar-refractivity contribution in [2.45, 2.75) is 180 Å². The van der Waals surface area contributed by atoms with Gasteiger partial charge in [-0.1, -0.05) is 136 Å². The first-order valence-electron chi connectivity index (χ1n) is 18.6. The zero-order valence-electron chi connectivity index (χ0n) is 30.1. The number of unbranched alkanes of at least 4 members (excludes halogenated alkanes) is 19. The van der Waals surface area contributed by atoms with Crippen LogP contribution in [0.25, 0.3) is 0 Å². The van der Waals surface area contributed by atoms with Gasteiger partial charge in [0.15, 0.2) is 6.10 Å². The topological polar surface area (TPSA) is 102 Å². The van der Waals surface area contributed by atoms with Crippen LogP contribution >= 0.6 is 0 Å². The van der Waals surface area contributed by atoms with E-state index in [0.717, 1.165) is 38.5 Å². The lowest BCUT2D eigenvalue weighted by atomic mass is 10.1. The van der Waals surface area contributed by atoms with Gasteiger partial charge in [-0.2, -0.15) is 0 Å². The van der Waals surface area contributed by atoms with Gasteiger partial charge in [0.2, 0.25) is 0 Å². The van der Waals surface area contributed by atoms with E-state index in [1.54, 1.807) is 21.1 Å². The fourth-order valence-corrected chi connectivity index (χ4v) is 5.54. The summed E-state index contributed by atoms with van der Waals surface area (Å²) in [6.07, 6.45) is 25.5. The molecule has 0 amide bonds. The second-order valence-electron chi connectivity index (χ2n) is 13.8. The van der Waals surface area contributed by atoms with Crippen molar-refractivity contribution < 1.29 is 38.2 Å². The SMILES string of the molecule is CCCCCCCCCCCCCC(=O)OC(COCCC(C(=O)[O-])[N+](C)(C)C)COC(=O)CCCCCCCCCCCC. The fraction of sp³-hybridized carbons (Fsp3) is 0.919. The Morgan fingerprint density at radius 3 is 1.38 bits per heavy atom. The number of nitrogens with zero attached hydrogens (tertiary/aromatic N) is 1. The highest BCUT2D eigenvalue weighted by atomic mass is 16.6. The molecule has 0 heterocycles. The van der Waals surface area contributed by atoms with Crippen LogP contribution in [0.3, 0.4) is 0 Å². The van der Waals surface area contributed by atoms with E-state index in [1.165, 1.54) is 96.3 Å². The molecule has 0 saturated heterocycles. The first-order chi connectivity index (χ1) is 21.6. The molecule has 0 radical (unpaired) electrons. The lowest BCUT2D eigenvalue weighted by molar-refractivity contribution is -0.889. The number of carboxylic acids is 1. The number of carboxylic acid groups (broad SMARTS) is 1. The minimum Gasteiger partial charge on any atom is -0.544 e. The third-order valence-corrected chi connectivity index (χ3v) is 8.49. The van der Waals surface area contributed by atoms with E-state index in [1.807, 2.05) is 0 Å². The van der Waals surface area contributed by atoms with Crippen molar-refractivity contribution in [2.75, 3.05) is 41.0 Å². The molecule has 0 bridgehead atoms. The van der Waals surface area contributed by atoms with E-state index in [0.29, 0.717) is 12.8 Å². The zero-order chi connectivity index (χ0) is 33.6. The Bertz CT molecular complexity index is 722. The Hall–Kier alpha value is -1.67. The molecule has 0 aromatic rings. The molecule has 0 aromatic heterocycles. The molecule has 266 valence electrons. The van der Waals surface area contributed by atoms with E-state index in [2.05, 4.69) is 13.8 Å². The summed E-state index contributed by atoms with van der Waals surface area (Å²) in [7, 11) is 5.40. The zero-order valence-corrected chi connectivity index (χ0v) is 30.1. The van der Waals surface area contributed by atoms with Gasteiger partial charge < -0.3 is 28.6 Å². The molecule has 0 saturated carbocycles. The molecule has 0 N–H and O–H groups in total. The standard InChI is InChI=1S/C37H71NO7/c1-6-8-10-12-14-16-18-20-22-24-26-28-36(40)45-33(31-43-30-29-34(37(41)42)38(3,4)5)32-44-35(39)27-25-23-21-19-17-15-13-11-9-7-2/h33-34H,6-32H2,1-5H3. The van der Waals surface area contributed by atoms with Gasteiger partial charge in [-0.15, -0.1) is 0 Å². The Kier molecular flexibility index (Phi) is 28.6. The van der Waals surface area contributed by atoms with Gasteiger partial charge in [0, 0.05) is 19.3 Å². The maximum Gasteiger partial charge on any atom is 0.306 e. The van der Waals surface area contributed by atoms with E-state index in [4.69, 9.17) is 14.2 Å². The minimum absolute atomic E-state index is 0.0481. The van der Waals surface area contributed by atoms with Gasteiger partial charge in [0.05, 0.1) is 40.3 Å². The maximum absolute atomic E-state index is 12.6. The van der Waals surface area contributed by atoms with Gasteiger partial charge in [-0.05, 0) is 12.8 Å². The van der Waals surface area contributed by atoms with E-state index < -0.39 is 18.1 Å². The number of hydrogen-bond acceptors (Lipinski definition) is 7. The summed E-state index contributed by atoms with van der Waals surface area (Å²) in [5, 5.41) is 11.5. The van der Waals surface area contributed by atoms with Crippen LogP contribution in [0.2, 0.25) is 0 Å². The number of aliphatic carboxylic acids is 1. The van der Waals surface area contributed by atoms with Crippen molar-refractivity contribution in [3.8, 4) is 0 Å². The highest BCUT2D eigenvalue weighted by molar-refractivity contribution is 5.70. The smallest absolute Gasteiger partial charge is 0.306 e. The van der Waals surface area contributed by atoms with Gasteiger partial charge in [-0.3, -0.25) is 9.59 Å². The molecule has 0 rings (SSSR count). The normalized spacial score (nSPS) is 13.0. The third-order valence-electron chi connectivity index (χ3n) is 8.49. The molecular formula is C37H71NO7. The average Bonchev–Trinajstić information content (AvgIpc) is 2.98. The van der Waals surface area contributed by atoms with Crippen molar-refractivity contribution in [1.82, 2.24) is 0 Å². The first-order valence-corrected chi connectivity index (χ1v) is 18.6. The highest BCUT2D eigenvalue weighted by Crippen LogP contribution is 2.14. The van der Waals surface area contributed by atoms with E-state index in [9.17, 15) is 19.5 Å². The van der Waals surface area contributed by atoms with Crippen LogP contribution in [0.5, 0.6) is 0 Å². The monoisotopic (exact) mass is 642 g/mol. The molecular weight excluding hydrogens is 570 g/mol. The van der Waals surface area contributed by atoms with Crippen LogP contribution in [0, 0.1) is 0 Å². The number of likely N-dealkylation sites (N-methyl/N-ethyl adjacent to an activating group) is 1. The van der Waals surface area contributed by atoms with Crippen molar-refractivity contribution in [1.29, 1.82) is 0 Å². The third kappa shape index (κ3) is 28.3. The van der Waals surface area contributed by atoms with Crippen LogP contribution in [0.1, 0.15) is 168 Å². The molecule has 0 spiro atoms. The molecule has 2 unspecified atom stereocenters. The molecule has 8 nitrogen and oxygen atoms in total. The molecule has 0 aliphatic heterocycles. The summed E-state index contributed by atoms with van der Waals surface area (Å²) >= 11 is 0. The molecule has 45 heavy (non-hydrogen) atoms. The summed E-state index contributed by atoms with van der Waals surface area (Å²) in [6.45, 7) is 4.64. The van der Waals surface area contributed by atoms with Gasteiger partial charge in [0.25, 0.3) is 0 Å². The number of carbonyl (C=O) groups is 3. The number of esters is 2. The van der Waals surface area contributed by atoms with Crippen LogP contribution in [0.4, 0.5) is 0 Å². The Morgan fingerprint density at radius 2 is 0.978 bits per heavy atom. The highest BCUT2D eigenvalue weighted by Gasteiger charge is 2.25. The number of rotatable bonds is 33. The molecule has 0 aliphatic carbocycles. The summed E-state index contributed by atoms with van der Waals surface area (Å²) in [4.78, 5) is 36.5. The molecule has 0 fully saturated rings. The second kappa shape index (κ2) is 29.7. The molecule has 8 heteroatoms. The number of hydrogen-bond donors (Lipinski definition) is 0. The largest absolute Gasteiger partial charge is 0.544 e. The lowest BCUT2D eigenvalue weighted by Gasteiger charge is -2.34. The van der Waals surface area contributed by atoms with Gasteiger partial charge in [-0.25, -0.2) is 0 Å². The number of quaternary nitrogens is 1. The second-order valence-corrected chi connectivity index (χ2v) is 13.8. The summed E-state index contributed by atoms with van der Waals surface area (Å²) in [5.74, 6) is -1.73. The maximum atomic E-state index is 12.6. The van der Waals surface area contributed by atoms with Crippen LogP contribution in [-0.4, -0.2) is 75.5 Å². The molecule has 2 atom stereocenters. The number of carbonyl (C=O) groups excluding carboxylic acids is 3. The van der Waals surface area contributed by atoms with Crippen LogP contribution < -0.4 is 5.11 Å². The minimum atomic E-state index is -1.12. The summed E-state index contributed by atoms with van der Waals surface area (Å²) in [5.41, 5.74) is 0. The number of ether oxygens (including phenoxy) is 3. The predicted octanol–water partition coefficient (Wildman–Crippen LogP) is 7.68. The molecule has 0 aromatic carbocycles. The Balaban J connectivity index is 4.42. The van der Waals surface area contributed by atoms with Crippen molar-refractivity contribution in [3.05, 3.63) is 0 Å². The van der Waals surface area contributed by atoms with E-state index >= 15 is 0 Å². The average molecular weight is 642 g/mol. The summed E-state index contributed by atoms with van der Waals surface area (Å²) < 4.78 is 17.0. The van der Waals surface area contributed by atoms with Crippen LogP contribution in [0.15, 0.2) is 0 Å². The Labute approximate surface area is 276 Å². The van der Waals surface area contributed by atoms with Crippen molar-refractivity contribution in [3.63, 3.8) is 0 Å². The van der Waals surface area contributed by atoms with Gasteiger partial charge >= 0.3 is 11.9 Å². The Morgan fingerprint density at radius 1 is 0.578 bits per heavy atom. The van der Waals surface area contributed by atoms with Crippen molar-refractivity contribution >= 4 is 17.9 Å². The van der Waals surface area contributed by atoms with E-state index in [-0.39, 0.29) is 42.7 Å². The van der Waals surface area contributed by atoms with Gasteiger partial charge in [0.1, 0.15) is 12.6 Å². The summed E-state index contributed by atoms with van der Waals surface area (Å²) in [6, 6.07) is -0.717. The fourth-order valence-electron chi connectivity index (χ4n) is 5.54. The molecule has 0 aliphatic rings. The van der Waals surface area contributed by atoms with Crippen molar-refractivity contribution in [2.24, 2.45) is 0 Å². The predicted molar refractivity (Wildman–Crippen MR) is 181 cm³/mol. The first kappa shape index (κ1) is 43.3. The van der Waals surface area contributed by atoms with Crippen LogP contribution in [-0.2, 0) is 28.6 Å².